The van der Waals surface area contributed by atoms with Crippen molar-refractivity contribution in [2.45, 2.75) is 33.2 Å². The molecule has 16 heavy (non-hydrogen) atoms. The van der Waals surface area contributed by atoms with E-state index in [1.807, 2.05) is 20.8 Å². The number of rotatable bonds is 4. The number of hydrogen-bond acceptors (Lipinski definition) is 4. The van der Waals surface area contributed by atoms with Gasteiger partial charge < -0.3 is 15.6 Å². The van der Waals surface area contributed by atoms with Crippen molar-refractivity contribution < 1.29 is 9.32 Å². The van der Waals surface area contributed by atoms with Crippen LogP contribution in [-0.2, 0) is 0 Å². The predicted octanol–water partition coefficient (Wildman–Crippen LogP) is 1.09. The molecule has 0 saturated heterocycles. The molecule has 0 fully saturated rings. The third-order valence-corrected chi connectivity index (χ3v) is 3.09. The number of aromatic nitrogens is 1. The van der Waals surface area contributed by atoms with Gasteiger partial charge in [0.1, 0.15) is 11.3 Å². The second-order valence-electron chi connectivity index (χ2n) is 4.53. The Balaban J connectivity index is 2.82. The van der Waals surface area contributed by atoms with Gasteiger partial charge in [0, 0.05) is 6.54 Å². The molecule has 5 nitrogen and oxygen atoms in total. The Bertz CT molecular complexity index is 373. The van der Waals surface area contributed by atoms with Crippen molar-refractivity contribution in [3.05, 3.63) is 17.5 Å². The Kier molecular flexibility index (Phi) is 3.70. The van der Waals surface area contributed by atoms with Crippen molar-refractivity contribution in [1.29, 1.82) is 0 Å². The summed E-state index contributed by atoms with van der Waals surface area (Å²) in [5.41, 5.74) is 5.74. The van der Waals surface area contributed by atoms with Gasteiger partial charge in [0.05, 0.1) is 11.7 Å². The predicted molar refractivity (Wildman–Crippen MR) is 61.0 cm³/mol. The van der Waals surface area contributed by atoms with Gasteiger partial charge in [0.15, 0.2) is 0 Å². The summed E-state index contributed by atoms with van der Waals surface area (Å²) in [6.45, 7) is 8.07. The van der Waals surface area contributed by atoms with Gasteiger partial charge in [-0.15, -0.1) is 0 Å². The van der Waals surface area contributed by atoms with Crippen molar-refractivity contribution in [3.63, 3.8) is 0 Å². The van der Waals surface area contributed by atoms with Gasteiger partial charge >= 0.3 is 0 Å². The van der Waals surface area contributed by atoms with Gasteiger partial charge in [0.2, 0.25) is 0 Å². The summed E-state index contributed by atoms with van der Waals surface area (Å²) in [5, 5.41) is 6.50. The molecule has 0 radical (unpaired) electrons. The molecule has 0 bridgehead atoms. The lowest BCUT2D eigenvalue weighted by molar-refractivity contribution is 0.0881. The first-order chi connectivity index (χ1) is 7.40. The first-order valence-electron chi connectivity index (χ1n) is 5.34. The SMILES string of the molecule is Cc1oncc1C(=O)NC(C)(CN)C(C)C. The van der Waals surface area contributed by atoms with E-state index >= 15 is 0 Å². The average Bonchev–Trinajstić information content (AvgIpc) is 2.64. The zero-order chi connectivity index (χ0) is 12.3. The van der Waals surface area contributed by atoms with Crippen LogP contribution >= 0.6 is 0 Å². The molecule has 1 aromatic heterocycles. The summed E-state index contributed by atoms with van der Waals surface area (Å²) in [6.07, 6.45) is 1.42. The summed E-state index contributed by atoms with van der Waals surface area (Å²) in [5.74, 6) is 0.572. The summed E-state index contributed by atoms with van der Waals surface area (Å²) >= 11 is 0. The fourth-order valence-corrected chi connectivity index (χ4v) is 1.27. The highest BCUT2D eigenvalue weighted by Gasteiger charge is 2.29. The highest BCUT2D eigenvalue weighted by molar-refractivity contribution is 5.95. The molecule has 90 valence electrons. The highest BCUT2D eigenvalue weighted by Crippen LogP contribution is 2.16. The topological polar surface area (TPSA) is 81.2 Å². The molecule has 0 saturated carbocycles. The molecular weight excluding hydrogens is 206 g/mol. The quantitative estimate of drug-likeness (QED) is 0.803. The molecule has 0 spiro atoms. The van der Waals surface area contributed by atoms with E-state index < -0.39 is 5.54 Å². The maximum absolute atomic E-state index is 11.9. The zero-order valence-corrected chi connectivity index (χ0v) is 10.2. The smallest absolute Gasteiger partial charge is 0.256 e. The zero-order valence-electron chi connectivity index (χ0n) is 10.2. The van der Waals surface area contributed by atoms with E-state index in [-0.39, 0.29) is 11.8 Å². The number of nitrogens with two attached hydrogens (primary N) is 1. The molecule has 0 aliphatic carbocycles. The van der Waals surface area contributed by atoms with E-state index in [9.17, 15) is 4.79 Å². The number of hydrogen-bond donors (Lipinski definition) is 2. The molecule has 1 unspecified atom stereocenters. The van der Waals surface area contributed by atoms with Crippen LogP contribution < -0.4 is 11.1 Å². The molecule has 0 aliphatic rings. The van der Waals surface area contributed by atoms with Gasteiger partial charge in [-0.25, -0.2) is 0 Å². The molecule has 1 amide bonds. The van der Waals surface area contributed by atoms with E-state index in [0.717, 1.165) is 0 Å². The third-order valence-electron chi connectivity index (χ3n) is 3.09. The Morgan fingerprint density at radius 3 is 2.69 bits per heavy atom. The largest absolute Gasteiger partial charge is 0.361 e. The fraction of sp³-hybridized carbons (Fsp3) is 0.636. The molecule has 1 atom stereocenters. The van der Waals surface area contributed by atoms with Crippen LogP contribution in [0.25, 0.3) is 0 Å². The van der Waals surface area contributed by atoms with Crippen molar-refractivity contribution in [2.75, 3.05) is 6.54 Å². The van der Waals surface area contributed by atoms with Gasteiger partial charge in [-0.3, -0.25) is 4.79 Å². The van der Waals surface area contributed by atoms with E-state index in [1.165, 1.54) is 6.20 Å². The maximum atomic E-state index is 11.9. The molecule has 0 aliphatic heterocycles. The van der Waals surface area contributed by atoms with Gasteiger partial charge in [-0.2, -0.15) is 0 Å². The number of carbonyl (C=O) groups excluding carboxylic acids is 1. The van der Waals surface area contributed by atoms with Crippen molar-refractivity contribution >= 4 is 5.91 Å². The minimum atomic E-state index is -0.416. The van der Waals surface area contributed by atoms with Crippen LogP contribution in [0, 0.1) is 12.8 Å². The summed E-state index contributed by atoms with van der Waals surface area (Å²) in [6, 6.07) is 0. The monoisotopic (exact) mass is 225 g/mol. The summed E-state index contributed by atoms with van der Waals surface area (Å²) < 4.78 is 4.85. The molecule has 1 aromatic rings. The van der Waals surface area contributed by atoms with Gasteiger partial charge in [-0.1, -0.05) is 19.0 Å². The van der Waals surface area contributed by atoms with Gasteiger partial charge in [-0.05, 0) is 19.8 Å². The van der Waals surface area contributed by atoms with Crippen molar-refractivity contribution in [1.82, 2.24) is 10.5 Å². The summed E-state index contributed by atoms with van der Waals surface area (Å²) in [7, 11) is 0. The minimum absolute atomic E-state index is 0.194. The Morgan fingerprint density at radius 1 is 1.69 bits per heavy atom. The van der Waals surface area contributed by atoms with Crippen LogP contribution in [-0.4, -0.2) is 23.1 Å². The highest BCUT2D eigenvalue weighted by atomic mass is 16.5. The van der Waals surface area contributed by atoms with Crippen molar-refractivity contribution in [3.8, 4) is 0 Å². The molecule has 3 N–H and O–H groups in total. The van der Waals surface area contributed by atoms with Crippen LogP contribution in [0.2, 0.25) is 0 Å². The van der Waals surface area contributed by atoms with E-state index in [0.29, 0.717) is 17.9 Å². The Hall–Kier alpha value is -1.36. The van der Waals surface area contributed by atoms with Crippen LogP contribution in [0.3, 0.4) is 0 Å². The van der Waals surface area contributed by atoms with Gasteiger partial charge in [0.25, 0.3) is 5.91 Å². The number of nitrogens with one attached hydrogen (secondary N) is 1. The minimum Gasteiger partial charge on any atom is -0.361 e. The van der Waals surface area contributed by atoms with Crippen LogP contribution in [0.15, 0.2) is 10.7 Å². The van der Waals surface area contributed by atoms with Crippen molar-refractivity contribution in [2.24, 2.45) is 11.7 Å². The number of nitrogens with zero attached hydrogens (tertiary/aromatic N) is 1. The average molecular weight is 225 g/mol. The molecule has 1 heterocycles. The number of aryl methyl sites for hydroxylation is 1. The normalized spacial score (nSPS) is 14.9. The molecule has 0 aromatic carbocycles. The second kappa shape index (κ2) is 4.65. The maximum Gasteiger partial charge on any atom is 0.256 e. The first-order valence-corrected chi connectivity index (χ1v) is 5.34. The second-order valence-corrected chi connectivity index (χ2v) is 4.53. The lowest BCUT2D eigenvalue weighted by Crippen LogP contribution is -2.55. The lowest BCUT2D eigenvalue weighted by atomic mass is 9.88. The lowest BCUT2D eigenvalue weighted by Gasteiger charge is -2.33. The number of amides is 1. The standard InChI is InChI=1S/C11H19N3O2/c1-7(2)11(4,6-12)14-10(15)9-5-13-16-8(9)3/h5,7H,6,12H2,1-4H3,(H,14,15). The Morgan fingerprint density at radius 2 is 2.31 bits per heavy atom. The third kappa shape index (κ3) is 2.41. The van der Waals surface area contributed by atoms with Crippen LogP contribution in [0.5, 0.6) is 0 Å². The van der Waals surface area contributed by atoms with Crippen LogP contribution in [0.1, 0.15) is 36.9 Å². The molecule has 1 rings (SSSR count). The fourth-order valence-electron chi connectivity index (χ4n) is 1.27. The molecular formula is C11H19N3O2. The van der Waals surface area contributed by atoms with E-state index in [4.69, 9.17) is 10.3 Å². The first kappa shape index (κ1) is 12.7. The molecule has 5 heteroatoms. The summed E-state index contributed by atoms with van der Waals surface area (Å²) in [4.78, 5) is 11.9. The van der Waals surface area contributed by atoms with E-state index in [2.05, 4.69) is 10.5 Å². The van der Waals surface area contributed by atoms with Crippen LogP contribution in [0.4, 0.5) is 0 Å². The number of carbonyl (C=O) groups is 1. The van der Waals surface area contributed by atoms with E-state index in [1.54, 1.807) is 6.92 Å². The Labute approximate surface area is 95.4 Å².